The molecule has 1 saturated carbocycles. The molecule has 1 aromatic carbocycles. The Morgan fingerprint density at radius 2 is 1.82 bits per heavy atom. The van der Waals surface area contributed by atoms with Crippen LogP contribution in [0.5, 0.6) is 0 Å². The fraction of sp³-hybridized carbons (Fsp3) is 0.480. The van der Waals surface area contributed by atoms with Gasteiger partial charge in [0.25, 0.3) is 0 Å². The average molecular weight is 482 g/mol. The molecule has 0 unspecified atom stereocenters. The molecule has 34 heavy (non-hydrogen) atoms. The second kappa shape index (κ2) is 10.8. The number of benzene rings is 1. The lowest BCUT2D eigenvalue weighted by atomic mass is 9.79. The summed E-state index contributed by atoms with van der Waals surface area (Å²) >= 11 is 1.39. The molecule has 180 valence electrons. The molecule has 1 saturated heterocycles. The van der Waals surface area contributed by atoms with Crippen molar-refractivity contribution in [3.63, 3.8) is 0 Å². The number of carbonyl (C=O) groups is 1. The molecule has 2 aromatic heterocycles. The first kappa shape index (κ1) is 23.1. The first-order valence-corrected chi connectivity index (χ1v) is 13.0. The molecule has 8 nitrogen and oxygen atoms in total. The van der Waals surface area contributed by atoms with E-state index in [2.05, 4.69) is 20.4 Å². The van der Waals surface area contributed by atoms with Crippen molar-refractivity contribution in [3.05, 3.63) is 48.7 Å². The standard InChI is InChI=1S/C25H31N5O3S/c31-22(26-19-25(11-5-2-6-12-25)29-13-16-32-17-14-29)18-34-24-28-27-23(21-10-7-15-33-21)30(24)20-8-3-1-4-9-20/h1,3-4,7-10,15H,2,5-6,11-14,16-19H2,(H,26,31). The van der Waals surface area contributed by atoms with Crippen molar-refractivity contribution in [1.82, 2.24) is 25.0 Å². The smallest absolute Gasteiger partial charge is 0.230 e. The van der Waals surface area contributed by atoms with E-state index in [-0.39, 0.29) is 17.2 Å². The largest absolute Gasteiger partial charge is 0.461 e. The fourth-order valence-corrected chi connectivity index (χ4v) is 5.82. The molecule has 2 aliphatic rings. The number of nitrogens with zero attached hydrogens (tertiary/aromatic N) is 4. The Bertz CT molecular complexity index is 1060. The van der Waals surface area contributed by atoms with Gasteiger partial charge in [-0.2, -0.15) is 0 Å². The van der Waals surface area contributed by atoms with Gasteiger partial charge >= 0.3 is 0 Å². The maximum absolute atomic E-state index is 12.9. The number of morpholine rings is 1. The number of ether oxygens (including phenoxy) is 1. The number of carbonyl (C=O) groups excluding carboxylic acids is 1. The van der Waals surface area contributed by atoms with Crippen molar-refractivity contribution in [2.75, 3.05) is 38.6 Å². The Hall–Kier alpha value is -2.62. The van der Waals surface area contributed by atoms with E-state index in [4.69, 9.17) is 9.15 Å². The van der Waals surface area contributed by atoms with Crippen LogP contribution in [0.3, 0.4) is 0 Å². The van der Waals surface area contributed by atoms with Gasteiger partial charge in [0.15, 0.2) is 10.9 Å². The highest BCUT2D eigenvalue weighted by Crippen LogP contribution is 2.34. The fourth-order valence-electron chi connectivity index (χ4n) is 5.04. The van der Waals surface area contributed by atoms with Gasteiger partial charge in [-0.05, 0) is 37.1 Å². The summed E-state index contributed by atoms with van der Waals surface area (Å²) in [4.78, 5) is 15.5. The number of hydrogen-bond donors (Lipinski definition) is 1. The first-order chi connectivity index (χ1) is 16.8. The number of nitrogens with one attached hydrogen (secondary N) is 1. The SMILES string of the molecule is O=C(CSc1nnc(-c2ccco2)n1-c1ccccc1)NCC1(N2CCOCC2)CCCCC1. The number of amides is 1. The van der Waals surface area contributed by atoms with E-state index in [0.717, 1.165) is 44.8 Å². The minimum absolute atomic E-state index is 0.0189. The van der Waals surface area contributed by atoms with E-state index in [1.165, 1.54) is 31.0 Å². The summed E-state index contributed by atoms with van der Waals surface area (Å²) in [6, 6.07) is 13.6. The van der Waals surface area contributed by atoms with Gasteiger partial charge in [0, 0.05) is 30.9 Å². The van der Waals surface area contributed by atoms with E-state index in [0.29, 0.717) is 23.3 Å². The van der Waals surface area contributed by atoms with Crippen LogP contribution >= 0.6 is 11.8 Å². The highest BCUT2D eigenvalue weighted by molar-refractivity contribution is 7.99. The second-order valence-electron chi connectivity index (χ2n) is 8.90. The van der Waals surface area contributed by atoms with Gasteiger partial charge < -0.3 is 14.5 Å². The summed E-state index contributed by atoms with van der Waals surface area (Å²) < 4.78 is 13.1. The van der Waals surface area contributed by atoms with E-state index < -0.39 is 0 Å². The predicted molar refractivity (Wildman–Crippen MR) is 131 cm³/mol. The molecule has 1 aliphatic heterocycles. The zero-order valence-electron chi connectivity index (χ0n) is 19.3. The van der Waals surface area contributed by atoms with Crippen LogP contribution in [0, 0.1) is 0 Å². The van der Waals surface area contributed by atoms with Crippen molar-refractivity contribution in [3.8, 4) is 17.3 Å². The summed E-state index contributed by atoms with van der Waals surface area (Å²) in [6.45, 7) is 4.13. The Balaban J connectivity index is 1.26. The van der Waals surface area contributed by atoms with E-state index in [9.17, 15) is 4.79 Å². The van der Waals surface area contributed by atoms with Gasteiger partial charge in [-0.15, -0.1) is 10.2 Å². The normalized spacial score (nSPS) is 18.6. The topological polar surface area (TPSA) is 85.4 Å². The monoisotopic (exact) mass is 481 g/mol. The molecular formula is C25H31N5O3S. The summed E-state index contributed by atoms with van der Waals surface area (Å²) in [5.74, 6) is 1.55. The molecular weight excluding hydrogens is 450 g/mol. The molecule has 1 N–H and O–H groups in total. The number of thioether (sulfide) groups is 1. The van der Waals surface area contributed by atoms with Gasteiger partial charge in [0.05, 0.1) is 25.2 Å². The van der Waals surface area contributed by atoms with E-state index >= 15 is 0 Å². The predicted octanol–water partition coefficient (Wildman–Crippen LogP) is 3.77. The highest BCUT2D eigenvalue weighted by atomic mass is 32.2. The first-order valence-electron chi connectivity index (χ1n) is 12.0. The Kier molecular flexibility index (Phi) is 7.32. The molecule has 5 rings (SSSR count). The van der Waals surface area contributed by atoms with Crippen LogP contribution in [0.15, 0.2) is 58.3 Å². The lowest BCUT2D eigenvalue weighted by molar-refractivity contribution is -0.119. The van der Waals surface area contributed by atoms with Crippen LogP contribution in [0.1, 0.15) is 32.1 Å². The lowest BCUT2D eigenvalue weighted by Crippen LogP contribution is -2.59. The summed E-state index contributed by atoms with van der Waals surface area (Å²) in [5, 5.41) is 12.6. The summed E-state index contributed by atoms with van der Waals surface area (Å²) in [7, 11) is 0. The zero-order valence-corrected chi connectivity index (χ0v) is 20.1. The minimum Gasteiger partial charge on any atom is -0.461 e. The minimum atomic E-state index is 0.0189. The molecule has 1 aliphatic carbocycles. The molecule has 3 heterocycles. The third-order valence-electron chi connectivity index (χ3n) is 6.80. The van der Waals surface area contributed by atoms with Crippen molar-refractivity contribution in [2.45, 2.75) is 42.8 Å². The molecule has 0 atom stereocenters. The van der Waals surface area contributed by atoms with Crippen LogP contribution in [-0.4, -0.2) is 69.7 Å². The quantitative estimate of drug-likeness (QED) is 0.490. The van der Waals surface area contributed by atoms with Crippen molar-refractivity contribution in [2.24, 2.45) is 0 Å². The van der Waals surface area contributed by atoms with Crippen molar-refractivity contribution >= 4 is 17.7 Å². The molecule has 0 spiro atoms. The van der Waals surface area contributed by atoms with Crippen molar-refractivity contribution < 1.29 is 13.9 Å². The highest BCUT2D eigenvalue weighted by Gasteiger charge is 2.38. The molecule has 3 aromatic rings. The Morgan fingerprint density at radius 1 is 1.03 bits per heavy atom. The van der Waals surface area contributed by atoms with Crippen LogP contribution in [0.4, 0.5) is 0 Å². The third kappa shape index (κ3) is 5.06. The van der Waals surface area contributed by atoms with Crippen LogP contribution in [0.2, 0.25) is 0 Å². The van der Waals surface area contributed by atoms with Crippen molar-refractivity contribution in [1.29, 1.82) is 0 Å². The summed E-state index contributed by atoms with van der Waals surface area (Å²) in [5.41, 5.74) is 0.981. The van der Waals surface area contributed by atoms with Crippen LogP contribution < -0.4 is 5.32 Å². The van der Waals surface area contributed by atoms with Gasteiger partial charge in [-0.1, -0.05) is 49.2 Å². The zero-order chi connectivity index (χ0) is 23.2. The van der Waals surface area contributed by atoms with E-state index in [1.54, 1.807) is 6.26 Å². The number of aromatic nitrogens is 3. The van der Waals surface area contributed by atoms with Gasteiger partial charge in [-0.3, -0.25) is 14.3 Å². The summed E-state index contributed by atoms with van der Waals surface area (Å²) in [6.07, 6.45) is 7.61. The average Bonchev–Trinajstić information content (AvgIpc) is 3.58. The number of furan rings is 1. The molecule has 1 amide bonds. The van der Waals surface area contributed by atoms with E-state index in [1.807, 2.05) is 47.0 Å². The van der Waals surface area contributed by atoms with Crippen LogP contribution in [0.25, 0.3) is 17.3 Å². The molecule has 2 fully saturated rings. The Morgan fingerprint density at radius 3 is 2.56 bits per heavy atom. The molecule has 0 radical (unpaired) electrons. The molecule has 0 bridgehead atoms. The van der Waals surface area contributed by atoms with Gasteiger partial charge in [-0.25, -0.2) is 0 Å². The Labute approximate surface area is 204 Å². The van der Waals surface area contributed by atoms with Crippen LogP contribution in [-0.2, 0) is 9.53 Å². The second-order valence-corrected chi connectivity index (χ2v) is 9.85. The third-order valence-corrected chi connectivity index (χ3v) is 7.73. The molecule has 9 heteroatoms. The number of rotatable bonds is 8. The number of para-hydroxylation sites is 1. The maximum atomic E-state index is 12.9. The lowest BCUT2D eigenvalue weighted by Gasteiger charge is -2.48. The number of hydrogen-bond acceptors (Lipinski definition) is 7. The van der Waals surface area contributed by atoms with Gasteiger partial charge in [0.1, 0.15) is 0 Å². The maximum Gasteiger partial charge on any atom is 0.230 e. The van der Waals surface area contributed by atoms with Gasteiger partial charge in [0.2, 0.25) is 11.7 Å².